The van der Waals surface area contributed by atoms with Gasteiger partial charge in [-0.15, -0.1) is 0 Å². The molecule has 1 aliphatic heterocycles. The Morgan fingerprint density at radius 1 is 0.871 bits per heavy atom. The molecule has 156 valence electrons. The highest BCUT2D eigenvalue weighted by Gasteiger charge is 2.22. The number of hydrogen-bond acceptors (Lipinski definition) is 3. The Morgan fingerprint density at radius 3 is 2.35 bits per heavy atom. The van der Waals surface area contributed by atoms with Crippen molar-refractivity contribution in [2.45, 2.75) is 13.5 Å². The summed E-state index contributed by atoms with van der Waals surface area (Å²) in [7, 11) is 0. The van der Waals surface area contributed by atoms with Gasteiger partial charge in [-0.1, -0.05) is 36.4 Å². The second-order valence-corrected chi connectivity index (χ2v) is 8.14. The van der Waals surface area contributed by atoms with Gasteiger partial charge in [0.05, 0.1) is 11.0 Å². The molecule has 1 aromatic heterocycles. The Hall–Kier alpha value is -3.44. The van der Waals surface area contributed by atoms with Crippen LogP contribution in [0.3, 0.4) is 0 Å². The van der Waals surface area contributed by atoms with Crippen LogP contribution in [-0.4, -0.2) is 51.4 Å². The lowest BCUT2D eigenvalue weighted by Gasteiger charge is -2.35. The third-order valence-corrected chi connectivity index (χ3v) is 6.16. The number of rotatable bonds is 4. The summed E-state index contributed by atoms with van der Waals surface area (Å²) in [4.78, 5) is 21.9. The molecule has 0 atom stereocenters. The first-order valence-electron chi connectivity index (χ1n) is 10.8. The van der Waals surface area contributed by atoms with Crippen LogP contribution in [0.4, 0.5) is 0 Å². The minimum absolute atomic E-state index is 0.109. The molecule has 5 heteroatoms. The highest BCUT2D eigenvalue weighted by atomic mass is 16.2. The van der Waals surface area contributed by atoms with Crippen molar-refractivity contribution in [1.82, 2.24) is 19.4 Å². The van der Waals surface area contributed by atoms with Crippen LogP contribution in [0.5, 0.6) is 0 Å². The summed E-state index contributed by atoms with van der Waals surface area (Å²) in [6, 6.07) is 24.4. The Kier molecular flexibility index (Phi) is 5.26. The maximum Gasteiger partial charge on any atom is 0.253 e. The number of fused-ring (bicyclic) bond motifs is 1. The van der Waals surface area contributed by atoms with Gasteiger partial charge in [0.1, 0.15) is 6.33 Å². The minimum atomic E-state index is 0.109. The van der Waals surface area contributed by atoms with Crippen LogP contribution >= 0.6 is 0 Å². The van der Waals surface area contributed by atoms with Crippen LogP contribution in [0.25, 0.3) is 16.7 Å². The number of amides is 1. The number of para-hydroxylation sites is 2. The van der Waals surface area contributed by atoms with Crippen molar-refractivity contribution in [3.8, 4) is 5.69 Å². The van der Waals surface area contributed by atoms with E-state index >= 15 is 0 Å². The van der Waals surface area contributed by atoms with Crippen molar-refractivity contribution in [3.63, 3.8) is 0 Å². The van der Waals surface area contributed by atoms with Crippen molar-refractivity contribution in [2.24, 2.45) is 0 Å². The standard InChI is InChI=1S/C26H26N4O/c1-20-6-2-3-7-22(20)18-28-14-16-29(17-15-28)26(31)21-10-12-23(13-11-21)30-19-27-24-8-4-5-9-25(24)30/h2-13,19H,14-18H2,1H3. The molecule has 1 amide bonds. The predicted octanol–water partition coefficient (Wildman–Crippen LogP) is 4.29. The van der Waals surface area contributed by atoms with Crippen LogP contribution in [0.2, 0.25) is 0 Å². The molecule has 0 bridgehead atoms. The number of piperazine rings is 1. The van der Waals surface area contributed by atoms with Crippen LogP contribution in [0.1, 0.15) is 21.5 Å². The third-order valence-electron chi connectivity index (χ3n) is 6.16. The molecule has 4 aromatic rings. The molecule has 0 N–H and O–H groups in total. The molecule has 1 saturated heterocycles. The summed E-state index contributed by atoms with van der Waals surface area (Å²) >= 11 is 0. The predicted molar refractivity (Wildman–Crippen MR) is 123 cm³/mol. The molecule has 5 nitrogen and oxygen atoms in total. The molecule has 5 rings (SSSR count). The topological polar surface area (TPSA) is 41.4 Å². The summed E-state index contributed by atoms with van der Waals surface area (Å²) in [5, 5.41) is 0. The quantitative estimate of drug-likeness (QED) is 0.504. The molecule has 31 heavy (non-hydrogen) atoms. The molecule has 1 fully saturated rings. The van der Waals surface area contributed by atoms with E-state index in [0.29, 0.717) is 0 Å². The first kappa shape index (κ1) is 19.5. The maximum atomic E-state index is 13.0. The fourth-order valence-electron chi connectivity index (χ4n) is 4.25. The van der Waals surface area contributed by atoms with Crippen LogP contribution in [-0.2, 0) is 6.54 Å². The van der Waals surface area contributed by atoms with Crippen molar-refractivity contribution in [2.75, 3.05) is 26.2 Å². The first-order valence-corrected chi connectivity index (χ1v) is 10.8. The highest BCUT2D eigenvalue weighted by molar-refractivity contribution is 5.94. The maximum absolute atomic E-state index is 13.0. The highest BCUT2D eigenvalue weighted by Crippen LogP contribution is 2.19. The molecule has 0 saturated carbocycles. The first-order chi connectivity index (χ1) is 15.2. The van der Waals surface area contributed by atoms with Crippen LogP contribution in [0.15, 0.2) is 79.1 Å². The zero-order valence-electron chi connectivity index (χ0n) is 17.7. The van der Waals surface area contributed by atoms with Gasteiger partial charge in [0, 0.05) is 44.0 Å². The molecule has 0 radical (unpaired) electrons. The van der Waals surface area contributed by atoms with Gasteiger partial charge >= 0.3 is 0 Å². The Morgan fingerprint density at radius 2 is 1.58 bits per heavy atom. The number of carbonyl (C=O) groups is 1. The number of aryl methyl sites for hydroxylation is 1. The van der Waals surface area contributed by atoms with E-state index in [9.17, 15) is 4.79 Å². The average Bonchev–Trinajstić information content (AvgIpc) is 3.25. The zero-order chi connectivity index (χ0) is 21.2. The third kappa shape index (κ3) is 3.97. The smallest absolute Gasteiger partial charge is 0.253 e. The molecule has 3 aromatic carbocycles. The fourth-order valence-corrected chi connectivity index (χ4v) is 4.25. The fraction of sp³-hybridized carbons (Fsp3) is 0.231. The Balaban J connectivity index is 1.23. The molecular formula is C26H26N4O. The molecular weight excluding hydrogens is 384 g/mol. The van der Waals surface area contributed by atoms with Gasteiger partial charge in [0.25, 0.3) is 5.91 Å². The summed E-state index contributed by atoms with van der Waals surface area (Å²) in [5.74, 6) is 0.109. The number of aromatic nitrogens is 2. The monoisotopic (exact) mass is 410 g/mol. The van der Waals surface area contributed by atoms with E-state index in [1.54, 1.807) is 0 Å². The number of benzene rings is 3. The van der Waals surface area contributed by atoms with Gasteiger partial charge in [0.15, 0.2) is 0 Å². The van der Waals surface area contributed by atoms with Gasteiger partial charge in [-0.25, -0.2) is 4.98 Å². The molecule has 0 spiro atoms. The normalized spacial score (nSPS) is 14.8. The van der Waals surface area contributed by atoms with Gasteiger partial charge in [-0.2, -0.15) is 0 Å². The van der Waals surface area contributed by atoms with Gasteiger partial charge < -0.3 is 4.90 Å². The van der Waals surface area contributed by atoms with E-state index in [0.717, 1.165) is 55.0 Å². The van der Waals surface area contributed by atoms with Gasteiger partial charge in [-0.3, -0.25) is 14.3 Å². The van der Waals surface area contributed by atoms with E-state index in [1.807, 2.05) is 58.3 Å². The Labute approximate surface area is 182 Å². The second-order valence-electron chi connectivity index (χ2n) is 8.14. The lowest BCUT2D eigenvalue weighted by atomic mass is 10.1. The van der Waals surface area contributed by atoms with E-state index < -0.39 is 0 Å². The van der Waals surface area contributed by atoms with Crippen molar-refractivity contribution < 1.29 is 4.79 Å². The van der Waals surface area contributed by atoms with Crippen molar-refractivity contribution in [3.05, 3.63) is 95.8 Å². The number of nitrogens with zero attached hydrogens (tertiary/aromatic N) is 4. The molecule has 0 aliphatic carbocycles. The van der Waals surface area contributed by atoms with E-state index in [4.69, 9.17) is 0 Å². The zero-order valence-corrected chi connectivity index (χ0v) is 17.7. The van der Waals surface area contributed by atoms with E-state index in [2.05, 4.69) is 47.1 Å². The van der Waals surface area contributed by atoms with Crippen molar-refractivity contribution in [1.29, 1.82) is 0 Å². The number of hydrogen-bond donors (Lipinski definition) is 0. The number of carbonyl (C=O) groups excluding carboxylic acids is 1. The minimum Gasteiger partial charge on any atom is -0.336 e. The van der Waals surface area contributed by atoms with E-state index in [1.165, 1.54) is 11.1 Å². The van der Waals surface area contributed by atoms with Crippen molar-refractivity contribution >= 4 is 16.9 Å². The van der Waals surface area contributed by atoms with Gasteiger partial charge in [-0.05, 0) is 54.4 Å². The average molecular weight is 411 g/mol. The second kappa shape index (κ2) is 8.36. The Bertz CT molecular complexity index is 1200. The molecule has 0 unspecified atom stereocenters. The SMILES string of the molecule is Cc1ccccc1CN1CCN(C(=O)c2ccc(-n3cnc4ccccc43)cc2)CC1. The van der Waals surface area contributed by atoms with Gasteiger partial charge in [0.2, 0.25) is 0 Å². The largest absolute Gasteiger partial charge is 0.336 e. The summed E-state index contributed by atoms with van der Waals surface area (Å²) in [5.41, 5.74) is 6.46. The van der Waals surface area contributed by atoms with Crippen LogP contribution < -0.4 is 0 Å². The lowest BCUT2D eigenvalue weighted by Crippen LogP contribution is -2.48. The summed E-state index contributed by atoms with van der Waals surface area (Å²) in [6.07, 6.45) is 1.83. The number of imidazole rings is 1. The lowest BCUT2D eigenvalue weighted by molar-refractivity contribution is 0.0628. The summed E-state index contributed by atoms with van der Waals surface area (Å²) < 4.78 is 2.05. The van der Waals surface area contributed by atoms with Crippen LogP contribution in [0, 0.1) is 6.92 Å². The molecule has 1 aliphatic rings. The summed E-state index contributed by atoms with van der Waals surface area (Å²) in [6.45, 7) is 6.43. The molecule has 2 heterocycles. The van der Waals surface area contributed by atoms with E-state index in [-0.39, 0.29) is 5.91 Å².